The molecule has 2 saturated heterocycles. The minimum Gasteiger partial charge on any atom is -0.327 e. The molecule has 2 amide bonds. The number of carbonyl (C=O) groups is 2. The van der Waals surface area contributed by atoms with Crippen LogP contribution in [0.25, 0.3) is 21.1 Å². The van der Waals surface area contributed by atoms with Crippen LogP contribution in [0.15, 0.2) is 36.8 Å². The molecular weight excluding hydrogens is 510 g/mol. The van der Waals surface area contributed by atoms with Crippen LogP contribution in [0.4, 0.5) is 5.69 Å². The number of thiazole rings is 1. The molecule has 2 N–H and O–H groups in total. The number of hydrogen-bond acceptors (Lipinski definition) is 7. The zero-order chi connectivity index (χ0) is 26.5. The van der Waals surface area contributed by atoms with Gasteiger partial charge in [0.1, 0.15) is 0 Å². The van der Waals surface area contributed by atoms with Crippen molar-refractivity contribution in [2.45, 2.75) is 63.5 Å². The second-order valence-corrected chi connectivity index (χ2v) is 12.5. The SMILES string of the molecule is C[C@H]1CC[C@H](c2ccc3sc(C4CCN(C5CC5)CC4)nc3c2)N(C(=O)C(=O)Nc2cncc3cn[nH]c23)C1. The maximum atomic E-state index is 13.5. The highest BCUT2D eigenvalue weighted by Gasteiger charge is 2.35. The number of benzene rings is 1. The molecule has 1 aromatic carbocycles. The van der Waals surface area contributed by atoms with E-state index in [1.807, 2.05) is 11.3 Å². The van der Waals surface area contributed by atoms with E-state index >= 15 is 0 Å². The molecule has 0 unspecified atom stereocenters. The van der Waals surface area contributed by atoms with Crippen LogP contribution >= 0.6 is 11.3 Å². The van der Waals surface area contributed by atoms with E-state index in [-0.39, 0.29) is 6.04 Å². The van der Waals surface area contributed by atoms with E-state index in [0.29, 0.717) is 29.6 Å². The zero-order valence-electron chi connectivity index (χ0n) is 22.1. The number of pyridine rings is 1. The molecule has 2 atom stereocenters. The Kier molecular flexibility index (Phi) is 6.31. The Labute approximate surface area is 231 Å². The Bertz CT molecular complexity index is 1530. The van der Waals surface area contributed by atoms with Gasteiger partial charge in [0, 0.05) is 30.1 Å². The third-order valence-electron chi connectivity index (χ3n) is 8.63. The maximum Gasteiger partial charge on any atom is 0.314 e. The lowest BCUT2D eigenvalue weighted by atomic mass is 9.89. The lowest BCUT2D eigenvalue weighted by molar-refractivity contribution is -0.146. The molecule has 0 bridgehead atoms. The Morgan fingerprint density at radius 2 is 1.90 bits per heavy atom. The molecule has 39 heavy (non-hydrogen) atoms. The predicted octanol–water partition coefficient (Wildman–Crippen LogP) is 4.85. The molecule has 4 aromatic rings. The van der Waals surface area contributed by atoms with Gasteiger partial charge in [-0.1, -0.05) is 13.0 Å². The summed E-state index contributed by atoms with van der Waals surface area (Å²) in [6.45, 7) is 5.04. The summed E-state index contributed by atoms with van der Waals surface area (Å²) in [6.07, 6.45) is 11.8. The number of aromatic amines is 1. The van der Waals surface area contributed by atoms with Crippen molar-refractivity contribution in [2.24, 2.45) is 5.92 Å². The number of carbonyl (C=O) groups excluding carboxylic acids is 2. The Balaban J connectivity index is 1.10. The summed E-state index contributed by atoms with van der Waals surface area (Å²) in [5.74, 6) is -0.323. The van der Waals surface area contributed by atoms with Gasteiger partial charge in [0.2, 0.25) is 0 Å². The molecule has 1 saturated carbocycles. The summed E-state index contributed by atoms with van der Waals surface area (Å²) < 4.78 is 1.19. The van der Waals surface area contributed by atoms with Crippen LogP contribution in [-0.2, 0) is 9.59 Å². The standard InChI is InChI=1S/C29H33N7O2S/c1-17-2-6-24(36(16-17)29(38)27(37)32-23-15-30-13-20-14-31-34-26(20)23)19-3-7-25-22(12-19)33-28(39-25)18-8-10-35(11-9-18)21-4-5-21/h3,7,12-15,17-18,21,24H,2,4-6,8-11,16H2,1H3,(H,31,34)(H,32,37)/t17-,24+/m0/s1. The number of likely N-dealkylation sites (tertiary alicyclic amines) is 2. The Hall–Kier alpha value is -3.37. The number of aromatic nitrogens is 4. The van der Waals surface area contributed by atoms with E-state index in [4.69, 9.17) is 4.98 Å². The van der Waals surface area contributed by atoms with Gasteiger partial charge in [0.15, 0.2) is 0 Å². The molecule has 3 fully saturated rings. The fourth-order valence-corrected chi connectivity index (χ4v) is 7.40. The molecule has 9 nitrogen and oxygen atoms in total. The maximum absolute atomic E-state index is 13.5. The minimum absolute atomic E-state index is 0.156. The van der Waals surface area contributed by atoms with E-state index in [1.54, 1.807) is 17.3 Å². The van der Waals surface area contributed by atoms with Gasteiger partial charge in [0.25, 0.3) is 0 Å². The average molecular weight is 544 g/mol. The quantitative estimate of drug-likeness (QED) is 0.357. The molecule has 1 aliphatic carbocycles. The van der Waals surface area contributed by atoms with E-state index in [2.05, 4.69) is 50.5 Å². The number of rotatable bonds is 4. The van der Waals surface area contributed by atoms with E-state index in [0.717, 1.165) is 35.3 Å². The molecule has 202 valence electrons. The van der Waals surface area contributed by atoms with Gasteiger partial charge in [-0.15, -0.1) is 11.3 Å². The van der Waals surface area contributed by atoms with Gasteiger partial charge in [0.05, 0.1) is 44.9 Å². The second-order valence-electron chi connectivity index (χ2n) is 11.5. The first-order valence-corrected chi connectivity index (χ1v) is 14.9. The fourth-order valence-electron chi connectivity index (χ4n) is 6.29. The first-order valence-electron chi connectivity index (χ1n) is 14.1. The highest BCUT2D eigenvalue weighted by molar-refractivity contribution is 7.18. The summed E-state index contributed by atoms with van der Waals surface area (Å²) in [5.41, 5.74) is 3.15. The number of fused-ring (bicyclic) bond motifs is 2. The van der Waals surface area contributed by atoms with Crippen LogP contribution in [0, 0.1) is 5.92 Å². The van der Waals surface area contributed by atoms with Gasteiger partial charge in [-0.3, -0.25) is 19.7 Å². The molecule has 2 aliphatic heterocycles. The number of H-pyrrole nitrogens is 1. The van der Waals surface area contributed by atoms with Crippen molar-refractivity contribution in [1.29, 1.82) is 0 Å². The van der Waals surface area contributed by atoms with Gasteiger partial charge in [-0.25, -0.2) is 4.98 Å². The van der Waals surface area contributed by atoms with Gasteiger partial charge in [-0.2, -0.15) is 5.10 Å². The third kappa shape index (κ3) is 4.80. The van der Waals surface area contributed by atoms with Crippen LogP contribution < -0.4 is 5.32 Å². The second kappa shape index (κ2) is 9.98. The summed E-state index contributed by atoms with van der Waals surface area (Å²) >= 11 is 1.81. The molecule has 5 heterocycles. The van der Waals surface area contributed by atoms with Crippen molar-refractivity contribution < 1.29 is 9.59 Å². The largest absolute Gasteiger partial charge is 0.327 e. The van der Waals surface area contributed by atoms with Crippen molar-refractivity contribution >= 4 is 50.0 Å². The Morgan fingerprint density at radius 1 is 1.05 bits per heavy atom. The number of nitrogens with zero attached hydrogens (tertiary/aromatic N) is 5. The summed E-state index contributed by atoms with van der Waals surface area (Å²) in [7, 11) is 0. The van der Waals surface area contributed by atoms with Crippen LogP contribution in [0.5, 0.6) is 0 Å². The van der Waals surface area contributed by atoms with Gasteiger partial charge in [-0.05, 0) is 75.2 Å². The topological polar surface area (TPSA) is 107 Å². The third-order valence-corrected chi connectivity index (χ3v) is 9.83. The molecule has 3 aliphatic rings. The fraction of sp³-hybridized carbons (Fsp3) is 0.483. The van der Waals surface area contributed by atoms with Crippen molar-refractivity contribution in [3.8, 4) is 0 Å². The first kappa shape index (κ1) is 24.7. The molecule has 3 aromatic heterocycles. The monoisotopic (exact) mass is 543 g/mol. The number of hydrogen-bond donors (Lipinski definition) is 2. The van der Waals surface area contributed by atoms with Crippen LogP contribution in [0.2, 0.25) is 0 Å². The van der Waals surface area contributed by atoms with Crippen molar-refractivity contribution in [1.82, 2.24) is 30.0 Å². The predicted molar refractivity (Wildman–Crippen MR) is 152 cm³/mol. The van der Waals surface area contributed by atoms with E-state index in [1.165, 1.54) is 54.7 Å². The summed E-state index contributed by atoms with van der Waals surface area (Å²) in [6, 6.07) is 7.09. The number of piperidine rings is 2. The highest BCUT2D eigenvalue weighted by Crippen LogP contribution is 2.39. The van der Waals surface area contributed by atoms with E-state index in [9.17, 15) is 9.59 Å². The van der Waals surface area contributed by atoms with Gasteiger partial charge < -0.3 is 15.1 Å². The molecule has 0 radical (unpaired) electrons. The smallest absolute Gasteiger partial charge is 0.314 e. The van der Waals surface area contributed by atoms with Crippen LogP contribution in [-0.4, -0.2) is 67.5 Å². The average Bonchev–Trinajstić information content (AvgIpc) is 3.53. The van der Waals surface area contributed by atoms with Crippen molar-refractivity contribution in [3.63, 3.8) is 0 Å². The lowest BCUT2D eigenvalue weighted by Crippen LogP contribution is -2.46. The van der Waals surface area contributed by atoms with Crippen LogP contribution in [0.3, 0.4) is 0 Å². The zero-order valence-corrected chi connectivity index (χ0v) is 22.9. The summed E-state index contributed by atoms with van der Waals surface area (Å²) in [4.78, 5) is 40.3. The Morgan fingerprint density at radius 3 is 2.72 bits per heavy atom. The number of nitrogens with one attached hydrogen (secondary N) is 2. The first-order chi connectivity index (χ1) is 19.0. The van der Waals surface area contributed by atoms with Crippen LogP contribution in [0.1, 0.15) is 68.0 Å². The molecule has 0 spiro atoms. The lowest BCUT2D eigenvalue weighted by Gasteiger charge is -2.38. The van der Waals surface area contributed by atoms with Crippen molar-refractivity contribution in [2.75, 3.05) is 25.0 Å². The highest BCUT2D eigenvalue weighted by atomic mass is 32.1. The minimum atomic E-state index is -0.660. The number of amides is 2. The normalized spacial score (nSPS) is 22.9. The number of anilines is 1. The van der Waals surface area contributed by atoms with Crippen molar-refractivity contribution in [3.05, 3.63) is 47.4 Å². The van der Waals surface area contributed by atoms with E-state index < -0.39 is 11.8 Å². The molecule has 7 rings (SSSR count). The van der Waals surface area contributed by atoms with Gasteiger partial charge >= 0.3 is 11.8 Å². The molecule has 10 heteroatoms. The molecular formula is C29H33N7O2S. The summed E-state index contributed by atoms with van der Waals surface area (Å²) in [5, 5.41) is 11.7.